The molecule has 7 nitrogen and oxygen atoms in total. The highest BCUT2D eigenvalue weighted by Crippen LogP contribution is 2.25. The molecule has 8 heteroatoms. The number of anilines is 2. The minimum absolute atomic E-state index is 0.0712. The van der Waals surface area contributed by atoms with Crippen LogP contribution in [0.2, 0.25) is 0 Å². The van der Waals surface area contributed by atoms with Crippen LogP contribution in [0.4, 0.5) is 11.5 Å². The van der Waals surface area contributed by atoms with Gasteiger partial charge in [-0.2, -0.15) is 0 Å². The van der Waals surface area contributed by atoms with E-state index in [4.69, 9.17) is 0 Å². The van der Waals surface area contributed by atoms with E-state index in [9.17, 15) is 18.3 Å². The number of carbonyl (C=O) groups is 1. The van der Waals surface area contributed by atoms with Crippen LogP contribution in [0.15, 0.2) is 71.8 Å². The van der Waals surface area contributed by atoms with Crippen molar-refractivity contribution in [3.63, 3.8) is 0 Å². The van der Waals surface area contributed by atoms with Crippen LogP contribution in [0.3, 0.4) is 0 Å². The molecule has 2 N–H and O–H groups in total. The molecule has 0 aliphatic carbocycles. The molecule has 0 amide bonds. The van der Waals surface area contributed by atoms with Crippen molar-refractivity contribution >= 4 is 27.5 Å². The average Bonchev–Trinajstić information content (AvgIpc) is 2.78. The van der Waals surface area contributed by atoms with Crippen molar-refractivity contribution in [1.29, 1.82) is 0 Å². The molecular weight excluding hydrogens is 426 g/mol. The smallest absolute Gasteiger partial charge is 0.339 e. The highest BCUT2D eigenvalue weighted by atomic mass is 32.2. The molecule has 0 spiro atoms. The number of rotatable bonds is 9. The number of sulfonamides is 1. The van der Waals surface area contributed by atoms with Crippen LogP contribution in [0, 0.1) is 0 Å². The van der Waals surface area contributed by atoms with Gasteiger partial charge in [-0.15, -0.1) is 0 Å². The lowest BCUT2D eigenvalue weighted by atomic mass is 10.0. The van der Waals surface area contributed by atoms with Gasteiger partial charge >= 0.3 is 5.97 Å². The summed E-state index contributed by atoms with van der Waals surface area (Å²) in [6, 6.07) is 17.6. The Labute approximate surface area is 188 Å². The van der Waals surface area contributed by atoms with E-state index in [-0.39, 0.29) is 27.9 Å². The second-order valence-electron chi connectivity index (χ2n) is 7.73. The molecule has 0 aliphatic heterocycles. The highest BCUT2D eigenvalue weighted by molar-refractivity contribution is 7.92. The molecular formula is C24H27N3O4S. The van der Waals surface area contributed by atoms with Crippen LogP contribution >= 0.6 is 0 Å². The number of aromatic nitrogens is 1. The van der Waals surface area contributed by atoms with Crippen LogP contribution in [-0.4, -0.2) is 31.0 Å². The number of hydrogen-bond acceptors (Lipinski definition) is 5. The summed E-state index contributed by atoms with van der Waals surface area (Å²) in [5.41, 5.74) is 2.07. The molecule has 0 atom stereocenters. The average molecular weight is 454 g/mol. The molecule has 168 valence electrons. The normalized spacial score (nSPS) is 11.4. The molecule has 0 fully saturated rings. The standard InChI is InChI=1S/C24H27N3O4S/c1-4-27(16-18-8-6-5-7-9-18)23-22(24(28)29)14-20(15-25-23)26-32(30,31)21-12-10-19(11-13-21)17(2)3/h5-15,17,26H,4,16H2,1-3H3,(H,28,29). The fourth-order valence-corrected chi connectivity index (χ4v) is 4.34. The summed E-state index contributed by atoms with van der Waals surface area (Å²) in [4.78, 5) is 18.2. The van der Waals surface area contributed by atoms with Gasteiger partial charge in [0.15, 0.2) is 0 Å². The van der Waals surface area contributed by atoms with Crippen molar-refractivity contribution in [2.45, 2.75) is 38.1 Å². The Bertz CT molecular complexity index is 1180. The third-order valence-electron chi connectivity index (χ3n) is 5.10. The maximum Gasteiger partial charge on any atom is 0.339 e. The van der Waals surface area contributed by atoms with E-state index in [0.717, 1.165) is 11.1 Å². The number of hydrogen-bond donors (Lipinski definition) is 2. The van der Waals surface area contributed by atoms with E-state index < -0.39 is 16.0 Å². The zero-order valence-electron chi connectivity index (χ0n) is 18.3. The van der Waals surface area contributed by atoms with Crippen molar-refractivity contribution in [2.75, 3.05) is 16.2 Å². The summed E-state index contributed by atoms with van der Waals surface area (Å²) < 4.78 is 28.0. The SMILES string of the molecule is CCN(Cc1ccccc1)c1ncc(NS(=O)(=O)c2ccc(C(C)C)cc2)cc1C(=O)O. The maximum atomic E-state index is 12.8. The molecule has 0 unspecified atom stereocenters. The molecule has 0 saturated heterocycles. The molecule has 2 aromatic carbocycles. The van der Waals surface area contributed by atoms with Crippen LogP contribution in [0.1, 0.15) is 48.2 Å². The van der Waals surface area contributed by atoms with Crippen molar-refractivity contribution in [3.05, 3.63) is 83.6 Å². The van der Waals surface area contributed by atoms with Crippen LogP contribution in [-0.2, 0) is 16.6 Å². The summed E-state index contributed by atoms with van der Waals surface area (Å²) in [7, 11) is -3.88. The van der Waals surface area contributed by atoms with E-state index in [1.54, 1.807) is 12.1 Å². The lowest BCUT2D eigenvalue weighted by molar-refractivity contribution is 0.0697. The number of benzene rings is 2. The largest absolute Gasteiger partial charge is 0.478 e. The Balaban J connectivity index is 1.88. The summed E-state index contributed by atoms with van der Waals surface area (Å²) in [5.74, 6) is -0.610. The monoisotopic (exact) mass is 453 g/mol. The van der Waals surface area contributed by atoms with Crippen molar-refractivity contribution in [1.82, 2.24) is 4.98 Å². The summed E-state index contributed by atoms with van der Waals surface area (Å²) in [6.45, 7) is 6.99. The first-order valence-corrected chi connectivity index (χ1v) is 11.8. The minimum atomic E-state index is -3.88. The second kappa shape index (κ2) is 9.82. The molecule has 3 aromatic rings. The Kier molecular flexibility index (Phi) is 7.15. The predicted octanol–water partition coefficient (Wildman–Crippen LogP) is 4.73. The Morgan fingerprint density at radius 2 is 1.75 bits per heavy atom. The van der Waals surface area contributed by atoms with Gasteiger partial charge in [0.1, 0.15) is 11.4 Å². The maximum absolute atomic E-state index is 12.8. The number of carboxylic acids is 1. The zero-order chi connectivity index (χ0) is 23.3. The van der Waals surface area contributed by atoms with Crippen LogP contribution in [0.25, 0.3) is 0 Å². The number of nitrogens with zero attached hydrogens (tertiary/aromatic N) is 2. The number of aromatic carboxylic acids is 1. The molecule has 0 aliphatic rings. The molecule has 0 bridgehead atoms. The first kappa shape index (κ1) is 23.3. The van der Waals surface area contributed by atoms with E-state index >= 15 is 0 Å². The van der Waals surface area contributed by atoms with Crippen LogP contribution < -0.4 is 9.62 Å². The number of pyridine rings is 1. The van der Waals surface area contributed by atoms with Gasteiger partial charge in [-0.25, -0.2) is 18.2 Å². The van der Waals surface area contributed by atoms with E-state index in [1.807, 2.05) is 56.0 Å². The molecule has 0 saturated carbocycles. The Morgan fingerprint density at radius 1 is 1.09 bits per heavy atom. The minimum Gasteiger partial charge on any atom is -0.478 e. The number of carboxylic acid groups (broad SMARTS) is 1. The van der Waals surface area contributed by atoms with E-state index in [1.165, 1.54) is 24.4 Å². The predicted molar refractivity (Wildman–Crippen MR) is 126 cm³/mol. The molecule has 1 heterocycles. The molecule has 0 radical (unpaired) electrons. The lowest BCUT2D eigenvalue weighted by Crippen LogP contribution is -2.25. The number of nitrogens with one attached hydrogen (secondary N) is 1. The Morgan fingerprint density at radius 3 is 2.31 bits per heavy atom. The summed E-state index contributed by atoms with van der Waals surface area (Å²) in [6.07, 6.45) is 1.34. The first-order valence-electron chi connectivity index (χ1n) is 10.4. The van der Waals surface area contributed by atoms with Gasteiger partial charge < -0.3 is 10.0 Å². The zero-order valence-corrected chi connectivity index (χ0v) is 19.1. The van der Waals surface area contributed by atoms with E-state index in [2.05, 4.69) is 9.71 Å². The quantitative estimate of drug-likeness (QED) is 0.486. The third kappa shape index (κ3) is 5.45. The topological polar surface area (TPSA) is 99.6 Å². The van der Waals surface area contributed by atoms with Crippen molar-refractivity contribution in [3.8, 4) is 0 Å². The molecule has 3 rings (SSSR count). The lowest BCUT2D eigenvalue weighted by Gasteiger charge is -2.24. The van der Waals surface area contributed by atoms with Gasteiger partial charge in [0, 0.05) is 13.1 Å². The highest BCUT2D eigenvalue weighted by Gasteiger charge is 2.21. The van der Waals surface area contributed by atoms with Crippen molar-refractivity contribution < 1.29 is 18.3 Å². The van der Waals surface area contributed by atoms with Crippen LogP contribution in [0.5, 0.6) is 0 Å². The molecule has 32 heavy (non-hydrogen) atoms. The van der Waals surface area contributed by atoms with Gasteiger partial charge in [0.25, 0.3) is 10.0 Å². The van der Waals surface area contributed by atoms with Crippen molar-refractivity contribution in [2.24, 2.45) is 0 Å². The third-order valence-corrected chi connectivity index (χ3v) is 6.50. The van der Waals surface area contributed by atoms with Gasteiger partial charge in [-0.3, -0.25) is 4.72 Å². The summed E-state index contributed by atoms with van der Waals surface area (Å²) in [5, 5.41) is 9.75. The van der Waals surface area contributed by atoms with Gasteiger partial charge in [0.05, 0.1) is 16.8 Å². The fourth-order valence-electron chi connectivity index (χ4n) is 3.31. The van der Waals surface area contributed by atoms with Gasteiger partial charge in [0.2, 0.25) is 0 Å². The summed E-state index contributed by atoms with van der Waals surface area (Å²) >= 11 is 0. The Hall–Kier alpha value is -3.39. The first-order chi connectivity index (χ1) is 15.2. The fraction of sp³-hybridized carbons (Fsp3) is 0.250. The van der Waals surface area contributed by atoms with Gasteiger partial charge in [-0.1, -0.05) is 56.3 Å². The second-order valence-corrected chi connectivity index (χ2v) is 9.41. The molecule has 1 aromatic heterocycles. The van der Waals surface area contributed by atoms with E-state index in [0.29, 0.717) is 13.1 Å². The van der Waals surface area contributed by atoms with Gasteiger partial charge in [-0.05, 0) is 42.2 Å².